The molecule has 0 fully saturated rings. The third kappa shape index (κ3) is 5.63. The van der Waals surface area contributed by atoms with E-state index in [4.69, 9.17) is 4.74 Å². The van der Waals surface area contributed by atoms with Gasteiger partial charge < -0.3 is 9.30 Å². The third-order valence-corrected chi connectivity index (χ3v) is 5.29. The minimum atomic E-state index is 0. The number of methoxy groups -OCH3 is 1. The zero-order valence-corrected chi connectivity index (χ0v) is 18.2. The van der Waals surface area contributed by atoms with Crippen LogP contribution in [0.15, 0.2) is 76.1 Å². The summed E-state index contributed by atoms with van der Waals surface area (Å²) in [5.41, 5.74) is 2.19. The van der Waals surface area contributed by atoms with E-state index in [0.29, 0.717) is 6.54 Å². The molecule has 0 N–H and O–H groups in total. The van der Waals surface area contributed by atoms with Gasteiger partial charge in [-0.05, 0) is 53.4 Å². The van der Waals surface area contributed by atoms with Crippen molar-refractivity contribution in [2.24, 2.45) is 10.2 Å². The van der Waals surface area contributed by atoms with E-state index in [9.17, 15) is 0 Å². The monoisotopic (exact) mass is 461 g/mol. The van der Waals surface area contributed by atoms with Gasteiger partial charge in [0.05, 0.1) is 12.8 Å². The number of benzene rings is 1. The second-order valence-electron chi connectivity index (χ2n) is 5.27. The number of thiazole rings is 1. The van der Waals surface area contributed by atoms with Crippen molar-refractivity contribution in [3.05, 3.63) is 75.6 Å². The molecule has 1 aromatic carbocycles. The van der Waals surface area contributed by atoms with E-state index in [1.807, 2.05) is 53.9 Å². The minimum absolute atomic E-state index is 0. The quantitative estimate of drug-likeness (QED) is 0.254. The van der Waals surface area contributed by atoms with Gasteiger partial charge >= 0.3 is 0 Å². The van der Waals surface area contributed by atoms with Gasteiger partial charge in [-0.15, -0.1) is 51.3 Å². The van der Waals surface area contributed by atoms with Crippen LogP contribution in [0.5, 0.6) is 5.75 Å². The van der Waals surface area contributed by atoms with Crippen molar-refractivity contribution in [2.75, 3.05) is 7.11 Å². The molecule has 4 nitrogen and oxygen atoms in total. The van der Waals surface area contributed by atoms with Crippen LogP contribution in [0.1, 0.15) is 4.88 Å². The summed E-state index contributed by atoms with van der Waals surface area (Å²) in [5, 5.41) is 12.7. The second kappa shape index (κ2) is 10.8. The second-order valence-corrected chi connectivity index (χ2v) is 7.09. The lowest BCUT2D eigenvalue weighted by molar-refractivity contribution is 0.415. The van der Waals surface area contributed by atoms with Crippen LogP contribution in [0, 0.1) is 0 Å². The van der Waals surface area contributed by atoms with Crippen molar-refractivity contribution in [3.63, 3.8) is 0 Å². The first-order valence-corrected chi connectivity index (χ1v) is 9.78. The Morgan fingerprint density at radius 2 is 2.00 bits per heavy atom. The number of rotatable bonds is 7. The van der Waals surface area contributed by atoms with Gasteiger partial charge in [-0.2, -0.15) is 5.10 Å². The van der Waals surface area contributed by atoms with Crippen LogP contribution in [0.25, 0.3) is 17.3 Å². The van der Waals surface area contributed by atoms with Crippen molar-refractivity contribution < 1.29 is 4.74 Å². The Balaban J connectivity index is 0.00000261. The molecule has 0 bridgehead atoms. The average molecular weight is 462 g/mol. The molecule has 3 aromatic rings. The topological polar surface area (TPSA) is 38.9 Å². The zero-order chi connectivity index (χ0) is 18.2. The maximum Gasteiger partial charge on any atom is 0.211 e. The van der Waals surface area contributed by atoms with Crippen LogP contribution >= 0.6 is 39.7 Å². The molecule has 2 heterocycles. The molecule has 27 heavy (non-hydrogen) atoms. The predicted molar refractivity (Wildman–Crippen MR) is 122 cm³/mol. The fourth-order valence-corrected chi connectivity index (χ4v) is 3.86. The first kappa shape index (κ1) is 21.1. The molecule has 0 amide bonds. The third-order valence-electron chi connectivity index (χ3n) is 3.59. The summed E-state index contributed by atoms with van der Waals surface area (Å²) in [6.45, 7) is 4.52. The molecular weight excluding hydrogens is 442 g/mol. The van der Waals surface area contributed by atoms with Gasteiger partial charge in [0.15, 0.2) is 0 Å². The van der Waals surface area contributed by atoms with E-state index in [2.05, 4.69) is 32.8 Å². The van der Waals surface area contributed by atoms with Crippen LogP contribution in [-0.2, 0) is 6.54 Å². The molecule has 0 atom stereocenters. The minimum Gasteiger partial charge on any atom is -0.497 e. The van der Waals surface area contributed by atoms with Crippen LogP contribution in [0.2, 0.25) is 0 Å². The summed E-state index contributed by atoms with van der Waals surface area (Å²) in [6, 6.07) is 12.1. The highest BCUT2D eigenvalue weighted by molar-refractivity contribution is 8.93. The molecule has 0 aliphatic rings. The average Bonchev–Trinajstić information content (AvgIpc) is 3.32. The van der Waals surface area contributed by atoms with E-state index < -0.39 is 0 Å². The first-order valence-electron chi connectivity index (χ1n) is 8.02. The number of thiophene rings is 1. The summed E-state index contributed by atoms with van der Waals surface area (Å²) < 4.78 is 7.32. The number of hydrogen-bond acceptors (Lipinski definition) is 5. The number of hydrogen-bond donors (Lipinski definition) is 0. The maximum absolute atomic E-state index is 5.23. The van der Waals surface area contributed by atoms with Crippen molar-refractivity contribution >= 4 is 51.9 Å². The Bertz CT molecular complexity index is 968. The standard InChI is InChI=1S/C20H19N3OS2.BrH/c1-3-13-23-19(16-8-10-17(24-2)11-9-16)15-26-20(23)22-21-12-4-6-18-7-5-14-25-18;/h3-12,14-15H,1,13H2,2H3;1H/b6-4+,21-12+,22-20-;. The van der Waals surface area contributed by atoms with E-state index in [0.717, 1.165) is 21.8 Å². The summed E-state index contributed by atoms with van der Waals surface area (Å²) in [4.78, 5) is 2.02. The molecule has 0 spiro atoms. The fraction of sp³-hybridized carbons (Fsp3) is 0.100. The Hall–Kier alpha value is -2.22. The number of halogens is 1. The van der Waals surface area contributed by atoms with Crippen molar-refractivity contribution in [1.82, 2.24) is 4.57 Å². The van der Waals surface area contributed by atoms with Gasteiger partial charge in [-0.3, -0.25) is 0 Å². The zero-order valence-electron chi connectivity index (χ0n) is 14.8. The normalized spacial score (nSPS) is 11.8. The highest BCUT2D eigenvalue weighted by Crippen LogP contribution is 2.23. The molecule has 0 aliphatic heterocycles. The highest BCUT2D eigenvalue weighted by Gasteiger charge is 2.07. The molecule has 0 saturated heterocycles. The van der Waals surface area contributed by atoms with E-state index >= 15 is 0 Å². The lowest BCUT2D eigenvalue weighted by Crippen LogP contribution is -2.14. The van der Waals surface area contributed by atoms with Gasteiger partial charge in [0.25, 0.3) is 0 Å². The van der Waals surface area contributed by atoms with Crippen LogP contribution in [0.3, 0.4) is 0 Å². The first-order chi connectivity index (χ1) is 12.8. The number of ether oxygens (including phenoxy) is 1. The summed E-state index contributed by atoms with van der Waals surface area (Å²) >= 11 is 3.25. The maximum atomic E-state index is 5.23. The van der Waals surface area contributed by atoms with Crippen molar-refractivity contribution in [2.45, 2.75) is 6.54 Å². The van der Waals surface area contributed by atoms with Crippen LogP contribution in [-0.4, -0.2) is 17.9 Å². The molecule has 0 unspecified atom stereocenters. The van der Waals surface area contributed by atoms with Gasteiger partial charge in [0.1, 0.15) is 5.75 Å². The lowest BCUT2D eigenvalue weighted by Gasteiger charge is -2.07. The molecule has 0 radical (unpaired) electrons. The molecule has 0 saturated carbocycles. The van der Waals surface area contributed by atoms with Crippen molar-refractivity contribution in [1.29, 1.82) is 0 Å². The summed E-state index contributed by atoms with van der Waals surface area (Å²) in [6.07, 6.45) is 7.47. The number of allylic oxidation sites excluding steroid dienone is 2. The fourth-order valence-electron chi connectivity index (χ4n) is 2.35. The number of aromatic nitrogens is 1. The van der Waals surface area contributed by atoms with Crippen molar-refractivity contribution in [3.8, 4) is 17.0 Å². The smallest absolute Gasteiger partial charge is 0.211 e. The van der Waals surface area contributed by atoms with E-state index in [1.165, 1.54) is 4.88 Å². The highest BCUT2D eigenvalue weighted by atomic mass is 79.9. The Morgan fingerprint density at radius 1 is 1.19 bits per heavy atom. The van der Waals surface area contributed by atoms with Crippen LogP contribution < -0.4 is 9.54 Å². The van der Waals surface area contributed by atoms with E-state index in [-0.39, 0.29) is 17.0 Å². The molecular formula is C20H20BrN3OS2. The largest absolute Gasteiger partial charge is 0.497 e. The van der Waals surface area contributed by atoms with Gasteiger partial charge in [0, 0.05) is 23.0 Å². The Labute approximate surface area is 177 Å². The molecule has 140 valence electrons. The van der Waals surface area contributed by atoms with Gasteiger partial charge in [0.2, 0.25) is 4.80 Å². The lowest BCUT2D eigenvalue weighted by atomic mass is 10.1. The molecule has 2 aromatic heterocycles. The molecule has 7 heteroatoms. The predicted octanol–water partition coefficient (Wildman–Crippen LogP) is 5.65. The molecule has 0 aliphatic carbocycles. The SMILES string of the molecule is Br.C=CCn1c(-c2ccc(OC)cc2)cs\c1=N/N=C/C=C/c1cccs1. The van der Waals surface area contributed by atoms with Gasteiger partial charge in [-0.25, -0.2) is 0 Å². The Morgan fingerprint density at radius 3 is 2.67 bits per heavy atom. The van der Waals surface area contributed by atoms with E-state index in [1.54, 1.807) is 36.0 Å². The van der Waals surface area contributed by atoms with Gasteiger partial charge in [-0.1, -0.05) is 12.1 Å². The number of nitrogens with zero attached hydrogens (tertiary/aromatic N) is 3. The summed E-state index contributed by atoms with van der Waals surface area (Å²) in [5.74, 6) is 0.839. The summed E-state index contributed by atoms with van der Waals surface area (Å²) in [7, 11) is 1.67. The van der Waals surface area contributed by atoms with Crippen LogP contribution in [0.4, 0.5) is 0 Å². The molecule has 3 rings (SSSR count). The Kier molecular flexibility index (Phi) is 8.44.